The number of hydrogen-bond donors (Lipinski definition) is 1. The first kappa shape index (κ1) is 14.3. The van der Waals surface area contributed by atoms with Crippen LogP contribution in [0.3, 0.4) is 0 Å². The molecule has 0 spiro atoms. The number of rotatable bonds is 6. The molecule has 1 saturated carbocycles. The van der Waals surface area contributed by atoms with Crippen LogP contribution in [0.2, 0.25) is 0 Å². The Morgan fingerprint density at radius 1 is 1.53 bits per heavy atom. The molecule has 1 aliphatic rings. The molecule has 1 aromatic heterocycles. The van der Waals surface area contributed by atoms with Crippen LogP contribution in [0.4, 0.5) is 0 Å². The van der Waals surface area contributed by atoms with Crippen LogP contribution in [-0.4, -0.2) is 44.8 Å². The average Bonchev–Trinajstić information content (AvgIpc) is 3.01. The number of thioether (sulfide) groups is 1. The molecule has 0 amide bonds. The maximum absolute atomic E-state index is 10.7. The highest BCUT2D eigenvalue weighted by Gasteiger charge is 2.32. The number of nitrogens with zero attached hydrogens (tertiary/aromatic N) is 3. The molecule has 19 heavy (non-hydrogen) atoms. The second kappa shape index (κ2) is 6.38. The van der Waals surface area contributed by atoms with Gasteiger partial charge in [0.05, 0.1) is 17.9 Å². The van der Waals surface area contributed by atoms with E-state index in [0.717, 1.165) is 31.5 Å². The lowest BCUT2D eigenvalue weighted by molar-refractivity contribution is -0.133. The van der Waals surface area contributed by atoms with Crippen LogP contribution in [0.1, 0.15) is 38.1 Å². The van der Waals surface area contributed by atoms with Crippen molar-refractivity contribution in [3.8, 4) is 0 Å². The van der Waals surface area contributed by atoms with Crippen molar-refractivity contribution in [2.24, 2.45) is 0 Å². The third kappa shape index (κ3) is 3.09. The molecule has 1 heterocycles. The van der Waals surface area contributed by atoms with Crippen molar-refractivity contribution in [1.29, 1.82) is 0 Å². The van der Waals surface area contributed by atoms with Crippen molar-refractivity contribution in [2.45, 2.75) is 49.9 Å². The van der Waals surface area contributed by atoms with Crippen LogP contribution in [0.25, 0.3) is 0 Å². The van der Waals surface area contributed by atoms with Gasteiger partial charge in [-0.2, -0.15) is 0 Å². The number of ether oxygens (including phenoxy) is 1. The van der Waals surface area contributed by atoms with Gasteiger partial charge in [0.2, 0.25) is 0 Å². The lowest BCUT2D eigenvalue weighted by Gasteiger charge is -2.22. The number of aryl methyl sites for hydroxylation is 1. The normalized spacial score (nSPS) is 22.8. The summed E-state index contributed by atoms with van der Waals surface area (Å²) in [5, 5.41) is 17.8. The van der Waals surface area contributed by atoms with Gasteiger partial charge in [0.1, 0.15) is 5.82 Å². The Balaban J connectivity index is 2.25. The third-order valence-electron chi connectivity index (χ3n) is 3.43. The first-order valence-corrected chi connectivity index (χ1v) is 7.47. The van der Waals surface area contributed by atoms with E-state index in [1.54, 1.807) is 7.11 Å². The number of aromatic nitrogens is 3. The topological polar surface area (TPSA) is 77.2 Å². The van der Waals surface area contributed by atoms with Gasteiger partial charge in [-0.1, -0.05) is 18.7 Å². The van der Waals surface area contributed by atoms with E-state index in [1.165, 1.54) is 11.8 Å². The Morgan fingerprint density at radius 3 is 2.95 bits per heavy atom. The molecule has 0 bridgehead atoms. The summed E-state index contributed by atoms with van der Waals surface area (Å²) in [5.41, 5.74) is 0. The van der Waals surface area contributed by atoms with Gasteiger partial charge in [0.25, 0.3) is 0 Å². The molecule has 1 aliphatic carbocycles. The second-order valence-corrected chi connectivity index (χ2v) is 5.52. The minimum atomic E-state index is -0.840. The van der Waals surface area contributed by atoms with Gasteiger partial charge >= 0.3 is 5.97 Å². The summed E-state index contributed by atoms with van der Waals surface area (Å²) in [5.74, 6) is 0.0702. The van der Waals surface area contributed by atoms with Crippen molar-refractivity contribution in [3.05, 3.63) is 5.82 Å². The molecule has 0 aromatic carbocycles. The van der Waals surface area contributed by atoms with Crippen LogP contribution in [0.5, 0.6) is 0 Å². The van der Waals surface area contributed by atoms with Gasteiger partial charge in [-0.15, -0.1) is 10.2 Å². The molecule has 1 fully saturated rings. The number of hydrogen-bond acceptors (Lipinski definition) is 5. The largest absolute Gasteiger partial charge is 0.481 e. The summed E-state index contributed by atoms with van der Waals surface area (Å²) in [7, 11) is 1.73. The summed E-state index contributed by atoms with van der Waals surface area (Å²) < 4.78 is 7.60. The molecule has 2 atom stereocenters. The van der Waals surface area contributed by atoms with Gasteiger partial charge in [-0.05, 0) is 19.3 Å². The molecule has 1 N–H and O–H groups in total. The zero-order valence-electron chi connectivity index (χ0n) is 11.2. The van der Waals surface area contributed by atoms with Crippen molar-refractivity contribution < 1.29 is 14.6 Å². The van der Waals surface area contributed by atoms with Crippen molar-refractivity contribution >= 4 is 17.7 Å². The van der Waals surface area contributed by atoms with Gasteiger partial charge in [-0.3, -0.25) is 4.79 Å². The summed E-state index contributed by atoms with van der Waals surface area (Å²) in [6, 6.07) is 0.228. The molecule has 0 saturated heterocycles. The Hall–Kier alpha value is -1.08. The molecule has 0 radical (unpaired) electrons. The minimum absolute atomic E-state index is 0.00617. The zero-order valence-corrected chi connectivity index (χ0v) is 12.0. The third-order valence-corrected chi connectivity index (χ3v) is 4.36. The van der Waals surface area contributed by atoms with E-state index in [-0.39, 0.29) is 17.9 Å². The van der Waals surface area contributed by atoms with E-state index in [9.17, 15) is 4.79 Å². The van der Waals surface area contributed by atoms with Gasteiger partial charge in [0, 0.05) is 13.5 Å². The summed E-state index contributed by atoms with van der Waals surface area (Å²) >= 11 is 1.22. The van der Waals surface area contributed by atoms with Crippen LogP contribution in [0, 0.1) is 0 Å². The number of carboxylic acid groups (broad SMARTS) is 1. The van der Waals surface area contributed by atoms with Gasteiger partial charge in [-0.25, -0.2) is 0 Å². The standard InChI is InChI=1S/C12H19N3O3S/c1-3-10-13-14-12(19-7-11(16)17)15(10)8-5-4-6-9(8)18-2/h8-9H,3-7H2,1-2H3,(H,16,17). The predicted molar refractivity (Wildman–Crippen MR) is 71.4 cm³/mol. The molecule has 2 rings (SSSR count). The van der Waals surface area contributed by atoms with Gasteiger partial charge < -0.3 is 14.4 Å². The van der Waals surface area contributed by atoms with Crippen LogP contribution in [-0.2, 0) is 16.0 Å². The molecule has 0 aliphatic heterocycles. The van der Waals surface area contributed by atoms with Crippen LogP contribution in [0.15, 0.2) is 5.16 Å². The number of carboxylic acids is 1. The quantitative estimate of drug-likeness (QED) is 0.802. The lowest BCUT2D eigenvalue weighted by Crippen LogP contribution is -2.23. The Bertz CT molecular complexity index is 449. The number of aliphatic carboxylic acids is 1. The highest BCUT2D eigenvalue weighted by molar-refractivity contribution is 7.99. The Labute approximate surface area is 116 Å². The van der Waals surface area contributed by atoms with Crippen LogP contribution < -0.4 is 0 Å². The number of carbonyl (C=O) groups is 1. The summed E-state index contributed by atoms with van der Waals surface area (Å²) in [6.07, 6.45) is 4.14. The van der Waals surface area contributed by atoms with Crippen LogP contribution >= 0.6 is 11.8 Å². The highest BCUT2D eigenvalue weighted by atomic mass is 32.2. The Kier molecular flexibility index (Phi) is 4.81. The fourth-order valence-corrected chi connectivity index (χ4v) is 3.31. The summed E-state index contributed by atoms with van der Waals surface area (Å²) in [6.45, 7) is 2.03. The molecule has 2 unspecified atom stereocenters. The average molecular weight is 285 g/mol. The summed E-state index contributed by atoms with van der Waals surface area (Å²) in [4.78, 5) is 10.7. The predicted octanol–water partition coefficient (Wildman–Crippen LogP) is 1.76. The molecule has 6 nitrogen and oxygen atoms in total. The lowest BCUT2D eigenvalue weighted by atomic mass is 10.2. The van der Waals surface area contributed by atoms with Crippen molar-refractivity contribution in [1.82, 2.24) is 14.8 Å². The number of methoxy groups -OCH3 is 1. The molecular weight excluding hydrogens is 266 g/mol. The molecular formula is C12H19N3O3S. The fourth-order valence-electron chi connectivity index (χ4n) is 2.58. The minimum Gasteiger partial charge on any atom is -0.481 e. The maximum Gasteiger partial charge on any atom is 0.313 e. The van der Waals surface area contributed by atoms with E-state index < -0.39 is 5.97 Å². The van der Waals surface area contributed by atoms with E-state index in [4.69, 9.17) is 9.84 Å². The van der Waals surface area contributed by atoms with E-state index >= 15 is 0 Å². The first-order valence-electron chi connectivity index (χ1n) is 6.48. The molecule has 7 heteroatoms. The van der Waals surface area contributed by atoms with E-state index in [2.05, 4.69) is 14.8 Å². The maximum atomic E-state index is 10.7. The van der Waals surface area contributed by atoms with E-state index in [0.29, 0.717) is 5.16 Å². The van der Waals surface area contributed by atoms with Gasteiger partial charge in [0.15, 0.2) is 5.16 Å². The molecule has 1 aromatic rings. The monoisotopic (exact) mass is 285 g/mol. The first-order chi connectivity index (χ1) is 9.17. The van der Waals surface area contributed by atoms with E-state index in [1.807, 2.05) is 6.92 Å². The zero-order chi connectivity index (χ0) is 13.8. The van der Waals surface area contributed by atoms with Crippen molar-refractivity contribution in [3.63, 3.8) is 0 Å². The second-order valence-electron chi connectivity index (χ2n) is 4.58. The fraction of sp³-hybridized carbons (Fsp3) is 0.750. The SMILES string of the molecule is CCc1nnc(SCC(=O)O)n1C1CCCC1OC. The van der Waals surface area contributed by atoms with Crippen molar-refractivity contribution in [2.75, 3.05) is 12.9 Å². The highest BCUT2D eigenvalue weighted by Crippen LogP contribution is 2.35. The molecule has 106 valence electrons. The smallest absolute Gasteiger partial charge is 0.313 e. The Morgan fingerprint density at radius 2 is 2.32 bits per heavy atom.